The van der Waals surface area contributed by atoms with E-state index in [4.69, 9.17) is 38.9 Å². The number of aromatic amines is 4. The van der Waals surface area contributed by atoms with Gasteiger partial charge in [0.15, 0.2) is 0 Å². The number of fused-ring (bicyclic) bond motifs is 4. The molecule has 4 saturated heterocycles. The predicted octanol–water partition coefficient (Wildman–Crippen LogP) is 5.81. The summed E-state index contributed by atoms with van der Waals surface area (Å²) in [5.41, 5.74) is 15.3. The minimum absolute atomic E-state index is 0.172. The van der Waals surface area contributed by atoms with Crippen LogP contribution < -0.4 is 29.1 Å². The zero-order valence-corrected chi connectivity index (χ0v) is 53.4. The highest BCUT2D eigenvalue weighted by molar-refractivity contribution is 5.88. The molecule has 0 radical (unpaired) electrons. The van der Waals surface area contributed by atoms with Gasteiger partial charge in [-0.05, 0) is 109 Å². The molecule has 0 aliphatic carbocycles. The summed E-state index contributed by atoms with van der Waals surface area (Å²) >= 11 is 0. The van der Waals surface area contributed by atoms with E-state index in [1.807, 2.05) is 24.3 Å². The van der Waals surface area contributed by atoms with Gasteiger partial charge in [0.2, 0.25) is 0 Å². The van der Waals surface area contributed by atoms with Crippen molar-refractivity contribution < 1.29 is 39.4 Å². The Hall–Kier alpha value is -8.40. The first-order chi connectivity index (χ1) is 46.3. The number of ether oxygens (including phenoxy) is 4. The first-order valence-corrected chi connectivity index (χ1v) is 33.3. The fraction of sp³-hybridized carbons (Fsp3) is 0.429. The zero-order valence-electron chi connectivity index (χ0n) is 53.4. The van der Waals surface area contributed by atoms with Gasteiger partial charge in [0.25, 0.3) is 0 Å². The quantitative estimate of drug-likeness (QED) is 0.0283. The molecule has 24 nitrogen and oxygen atoms in total. The number of nitrogens with zero attached hydrogens (tertiary/aromatic N) is 12. The van der Waals surface area contributed by atoms with Gasteiger partial charge in [0.1, 0.15) is 48.0 Å². The second-order valence-electron chi connectivity index (χ2n) is 24.8. The van der Waals surface area contributed by atoms with Crippen LogP contribution in [0.1, 0.15) is 0 Å². The summed E-state index contributed by atoms with van der Waals surface area (Å²) in [7, 11) is 0. The fourth-order valence-corrected chi connectivity index (χ4v) is 13.5. The van der Waals surface area contributed by atoms with Crippen molar-refractivity contribution in [3.8, 4) is 57.1 Å². The van der Waals surface area contributed by atoms with Crippen LogP contribution in [0, 0.1) is 0 Å². The van der Waals surface area contributed by atoms with Crippen molar-refractivity contribution in [1.29, 1.82) is 0 Å². The van der Waals surface area contributed by atoms with Gasteiger partial charge < -0.3 is 78.9 Å². The van der Waals surface area contributed by atoms with Gasteiger partial charge in [-0.25, -0.2) is 19.9 Å². The third-order valence-electron chi connectivity index (χ3n) is 18.7. The maximum absolute atomic E-state index is 9.48. The number of aromatic nitrogens is 8. The summed E-state index contributed by atoms with van der Waals surface area (Å²) in [5.74, 6) is 4.20. The number of piperazine rings is 4. The lowest BCUT2D eigenvalue weighted by atomic mass is 10.1. The topological polar surface area (TPSA) is 258 Å². The molecule has 0 saturated carbocycles. The molecule has 10 aromatic rings. The Kier molecular flexibility index (Phi) is 19.8. The average Bonchev–Trinajstić information content (AvgIpc) is 1.70. The Labute approximate surface area is 546 Å². The van der Waals surface area contributed by atoms with Gasteiger partial charge >= 0.3 is 0 Å². The largest absolute Gasteiger partial charge is 0.491 e. The number of benzene rings is 6. The lowest BCUT2D eigenvalue weighted by Crippen LogP contribution is -2.47. The highest BCUT2D eigenvalue weighted by atomic mass is 16.6. The van der Waals surface area contributed by atoms with E-state index in [2.05, 4.69) is 144 Å². The van der Waals surface area contributed by atoms with E-state index < -0.39 is 0 Å². The van der Waals surface area contributed by atoms with Crippen LogP contribution in [-0.2, 0) is 9.47 Å². The monoisotopic (exact) mass is 1280 g/mol. The van der Waals surface area contributed by atoms with Gasteiger partial charge in [-0.2, -0.15) is 0 Å². The molecule has 4 fully saturated rings. The number of H-pyrrole nitrogens is 4. The molecule has 4 aliphatic rings. The molecule has 94 heavy (non-hydrogen) atoms. The number of imidazole rings is 4. The van der Waals surface area contributed by atoms with Crippen LogP contribution in [-0.4, -0.2) is 277 Å². The number of anilines is 4. The van der Waals surface area contributed by atoms with E-state index in [-0.39, 0.29) is 26.4 Å². The number of rotatable bonds is 27. The Morgan fingerprint density at radius 3 is 0.787 bits per heavy atom. The maximum atomic E-state index is 9.48. The van der Waals surface area contributed by atoms with Crippen molar-refractivity contribution in [3.63, 3.8) is 0 Å². The van der Waals surface area contributed by atoms with Crippen LogP contribution >= 0.6 is 0 Å². The van der Waals surface area contributed by atoms with Crippen LogP contribution in [0.25, 0.3) is 89.7 Å². The summed E-state index contributed by atoms with van der Waals surface area (Å²) in [6.45, 7) is 19.9. The van der Waals surface area contributed by atoms with Crippen LogP contribution in [0.2, 0.25) is 0 Å². The SMILES string of the molecule is OCCN1CCN(c2ccc3nc(-c4cc(OCCOCCOCCOc5cc(-c6nc7ccc(N8CCN(CCO)CC8)cc7[nH]6)cc(-c6nc7ccc(N8CCN(CCO)CC8)cc7[nH]6)c5)cc(-c5nc6ccc(N7CCN(CCO)CC7)cc6[nH]5)c4)[nH]c3c2)CC1. The third-order valence-corrected chi connectivity index (χ3v) is 18.7. The summed E-state index contributed by atoms with van der Waals surface area (Å²) in [6, 6.07) is 37.8. The van der Waals surface area contributed by atoms with E-state index in [9.17, 15) is 20.4 Å². The van der Waals surface area contributed by atoms with Gasteiger partial charge in [0, 0.05) is 176 Å². The van der Waals surface area contributed by atoms with E-state index >= 15 is 0 Å². The summed E-state index contributed by atoms with van der Waals surface area (Å²) in [4.78, 5) is 53.5. The summed E-state index contributed by atoms with van der Waals surface area (Å²) in [5, 5.41) is 37.9. The van der Waals surface area contributed by atoms with E-state index in [0.717, 1.165) is 217 Å². The standard InChI is InChI=1S/C70H86N16O8/c87-29-25-79-9-17-83(18-10-79)53-1-5-59-63(45-53)75-67(71-59)49-39-50(68-72-60-6-2-54(46-64(60)76-68)84-19-11-80(12-20-84)26-30-88)42-57(41-49)93-37-35-91-33-34-92-36-38-94-58-43-51(69-73-61-7-3-55(47-65(61)77-69)85-21-13-81(14-22-85)27-31-89)40-52(44-58)70-74-62-8-4-56(48-66(62)78-70)86-23-15-82(16-24-86)28-32-90/h1-8,39-48,87-90H,9-38H2,(H,71,75)(H,72,76)(H,73,77)(H,74,78). The van der Waals surface area contributed by atoms with Crippen molar-refractivity contribution in [3.05, 3.63) is 109 Å². The Morgan fingerprint density at radius 2 is 0.543 bits per heavy atom. The van der Waals surface area contributed by atoms with Crippen molar-refractivity contribution >= 4 is 66.9 Å². The minimum Gasteiger partial charge on any atom is -0.491 e. The smallest absolute Gasteiger partial charge is 0.138 e. The minimum atomic E-state index is 0.172. The van der Waals surface area contributed by atoms with E-state index in [1.54, 1.807) is 0 Å². The van der Waals surface area contributed by atoms with Crippen LogP contribution in [0.15, 0.2) is 109 Å². The number of nitrogens with one attached hydrogen (secondary N) is 4. The molecule has 14 rings (SSSR count). The molecule has 4 aliphatic heterocycles. The van der Waals surface area contributed by atoms with Crippen molar-refractivity contribution in [2.45, 2.75) is 0 Å². The molecular formula is C70H86N16O8. The molecule has 8 N–H and O–H groups in total. The maximum Gasteiger partial charge on any atom is 0.138 e. The van der Waals surface area contributed by atoms with Crippen molar-refractivity contribution in [2.75, 3.05) is 217 Å². The molecule has 0 spiro atoms. The second kappa shape index (κ2) is 29.5. The molecule has 494 valence electrons. The van der Waals surface area contributed by atoms with Crippen molar-refractivity contribution in [1.82, 2.24) is 59.5 Å². The molecule has 0 unspecified atom stereocenters. The lowest BCUT2D eigenvalue weighted by Gasteiger charge is -2.35. The molecule has 6 aromatic carbocycles. The Balaban J connectivity index is 0.625. The number of β-amino-alcohol motifs (C(OH)–C–C–N with tert-alkyl or cyclic N) is 4. The third kappa shape index (κ3) is 14.8. The van der Waals surface area contributed by atoms with E-state index in [0.29, 0.717) is 77.3 Å². The Morgan fingerprint density at radius 1 is 0.298 bits per heavy atom. The van der Waals surface area contributed by atoms with E-state index in [1.165, 1.54) is 0 Å². The lowest BCUT2D eigenvalue weighted by molar-refractivity contribution is 0.0274. The number of hydrogen-bond acceptors (Lipinski definition) is 20. The second-order valence-corrected chi connectivity index (χ2v) is 24.8. The zero-order chi connectivity index (χ0) is 63.7. The Bertz CT molecular complexity index is 3630. The fourth-order valence-electron chi connectivity index (χ4n) is 13.5. The molecule has 8 heterocycles. The molecule has 0 bridgehead atoms. The highest BCUT2D eigenvalue weighted by Crippen LogP contribution is 2.36. The summed E-state index contributed by atoms with van der Waals surface area (Å²) < 4.78 is 25.1. The van der Waals surface area contributed by atoms with Gasteiger partial charge in [-0.15, -0.1) is 0 Å². The number of aliphatic hydroxyl groups excluding tert-OH is 4. The average molecular weight is 1280 g/mol. The molecular weight excluding hydrogens is 1190 g/mol. The van der Waals surface area contributed by atoms with Crippen molar-refractivity contribution in [2.24, 2.45) is 0 Å². The molecule has 0 amide bonds. The normalized spacial score (nSPS) is 16.7. The van der Waals surface area contributed by atoms with Crippen LogP contribution in [0.3, 0.4) is 0 Å². The van der Waals surface area contributed by atoms with Gasteiger partial charge in [-0.3, -0.25) is 19.6 Å². The van der Waals surface area contributed by atoms with Gasteiger partial charge in [-0.1, -0.05) is 0 Å². The summed E-state index contributed by atoms with van der Waals surface area (Å²) in [6.07, 6.45) is 0. The van der Waals surface area contributed by atoms with Crippen LogP contribution in [0.5, 0.6) is 11.5 Å². The van der Waals surface area contributed by atoms with Gasteiger partial charge in [0.05, 0.1) is 97.0 Å². The first kappa shape index (κ1) is 63.0. The highest BCUT2D eigenvalue weighted by Gasteiger charge is 2.24. The predicted molar refractivity (Wildman–Crippen MR) is 369 cm³/mol. The number of aliphatic hydroxyl groups is 4. The number of hydrogen-bond donors (Lipinski definition) is 8. The molecule has 0 atom stereocenters. The molecule has 4 aromatic heterocycles. The first-order valence-electron chi connectivity index (χ1n) is 33.3. The van der Waals surface area contributed by atoms with Crippen LogP contribution in [0.4, 0.5) is 22.7 Å². The molecule has 24 heteroatoms.